The van der Waals surface area contributed by atoms with E-state index in [1.807, 2.05) is 0 Å². The summed E-state index contributed by atoms with van der Waals surface area (Å²) in [4.78, 5) is 50.6. The monoisotopic (exact) mass is 361 g/mol. The summed E-state index contributed by atoms with van der Waals surface area (Å²) in [5, 5.41) is 10.8. The zero-order valence-electron chi connectivity index (χ0n) is 13.7. The maximum absolute atomic E-state index is 12.4. The van der Waals surface area contributed by atoms with Crippen molar-refractivity contribution in [1.82, 2.24) is 9.97 Å². The summed E-state index contributed by atoms with van der Waals surface area (Å²) >= 11 is 0. The third kappa shape index (κ3) is 3.21. The Balaban J connectivity index is 2.04. The molecule has 0 amide bonds. The van der Waals surface area contributed by atoms with Gasteiger partial charge in [-0.25, -0.2) is 4.79 Å². The van der Waals surface area contributed by atoms with Crippen molar-refractivity contribution >= 4 is 11.7 Å². The van der Waals surface area contributed by atoms with Crippen molar-refractivity contribution in [3.63, 3.8) is 0 Å². The van der Waals surface area contributed by atoms with E-state index >= 15 is 0 Å². The van der Waals surface area contributed by atoms with Crippen molar-refractivity contribution < 1.29 is 19.2 Å². The van der Waals surface area contributed by atoms with Crippen LogP contribution < -0.4 is 16.0 Å². The number of non-ortho nitro benzene ring substituents is 1. The van der Waals surface area contributed by atoms with E-state index < -0.39 is 34.2 Å². The maximum Gasteiger partial charge on any atom is 0.328 e. The zero-order chi connectivity index (χ0) is 18.8. The molecular weight excluding hydrogens is 346 g/mol. The van der Waals surface area contributed by atoms with Gasteiger partial charge in [-0.05, 0) is 24.6 Å². The van der Waals surface area contributed by atoms with Gasteiger partial charge in [-0.2, -0.15) is 0 Å². The fraction of sp³-hybridized carbons (Fsp3) is 0.312. The number of esters is 1. The number of ether oxygens (including phenoxy) is 2. The van der Waals surface area contributed by atoms with Gasteiger partial charge >= 0.3 is 11.7 Å². The number of hydrogen-bond donors (Lipinski definition) is 2. The van der Waals surface area contributed by atoms with Crippen LogP contribution in [0.25, 0.3) is 0 Å². The molecule has 0 spiro atoms. The molecule has 0 bridgehead atoms. The minimum Gasteiger partial charge on any atom is -0.469 e. The van der Waals surface area contributed by atoms with E-state index in [0.29, 0.717) is 5.56 Å². The Morgan fingerprint density at radius 3 is 2.62 bits per heavy atom. The molecule has 10 nitrogen and oxygen atoms in total. The molecule has 1 aliphatic rings. The predicted octanol–water partition coefficient (Wildman–Crippen LogP) is 0.827. The lowest BCUT2D eigenvalue weighted by Crippen LogP contribution is -2.38. The summed E-state index contributed by atoms with van der Waals surface area (Å²) in [6, 6.07) is 5.50. The third-order valence-corrected chi connectivity index (χ3v) is 4.06. The summed E-state index contributed by atoms with van der Waals surface area (Å²) < 4.78 is 10.8. The number of nitro benzene ring substituents is 1. The number of rotatable bonds is 4. The molecule has 1 aliphatic heterocycles. The van der Waals surface area contributed by atoms with E-state index in [2.05, 4.69) is 9.97 Å². The average Bonchev–Trinajstić information content (AvgIpc) is 2.61. The molecule has 0 unspecified atom stereocenters. The largest absolute Gasteiger partial charge is 0.469 e. The summed E-state index contributed by atoms with van der Waals surface area (Å²) in [6.45, 7) is 1.80. The Hall–Kier alpha value is -3.43. The number of hydrogen-bond acceptors (Lipinski definition) is 7. The van der Waals surface area contributed by atoms with E-state index in [1.165, 1.54) is 24.3 Å². The van der Waals surface area contributed by atoms with Crippen molar-refractivity contribution in [2.45, 2.75) is 19.4 Å². The van der Waals surface area contributed by atoms with Gasteiger partial charge in [0.25, 0.3) is 11.2 Å². The Kier molecular flexibility index (Phi) is 4.57. The molecule has 1 aromatic heterocycles. The number of aromatic nitrogens is 2. The molecule has 2 N–H and O–H groups in total. The van der Waals surface area contributed by atoms with E-state index in [1.54, 1.807) is 6.92 Å². The first-order chi connectivity index (χ1) is 12.4. The molecule has 3 rings (SSSR count). The first kappa shape index (κ1) is 17.4. The number of fused-ring (bicyclic) bond motifs is 1. The first-order valence-electron chi connectivity index (χ1n) is 7.83. The smallest absolute Gasteiger partial charge is 0.328 e. The molecule has 2 atom stereocenters. The van der Waals surface area contributed by atoms with Crippen LogP contribution in [0.15, 0.2) is 33.9 Å². The van der Waals surface area contributed by atoms with Crippen LogP contribution in [-0.4, -0.2) is 27.5 Å². The lowest BCUT2D eigenvalue weighted by Gasteiger charge is -2.31. The number of nitrogens with one attached hydrogen (secondary N) is 2. The number of benzene rings is 1. The first-order valence-corrected chi connectivity index (χ1v) is 7.83. The lowest BCUT2D eigenvalue weighted by atomic mass is 9.88. The van der Waals surface area contributed by atoms with Gasteiger partial charge in [0.2, 0.25) is 5.88 Å². The van der Waals surface area contributed by atoms with Crippen molar-refractivity contribution in [3.8, 4) is 5.88 Å². The highest BCUT2D eigenvalue weighted by atomic mass is 16.6. The number of carbonyl (C=O) groups is 1. The van der Waals surface area contributed by atoms with Gasteiger partial charge in [0.05, 0.1) is 17.1 Å². The van der Waals surface area contributed by atoms with Crippen LogP contribution >= 0.6 is 0 Å². The normalized spacial score (nSPS) is 18.5. The van der Waals surface area contributed by atoms with Crippen LogP contribution in [0.5, 0.6) is 5.88 Å². The number of H-pyrrole nitrogens is 2. The van der Waals surface area contributed by atoms with Crippen LogP contribution in [0.3, 0.4) is 0 Å². The summed E-state index contributed by atoms with van der Waals surface area (Å²) in [5.41, 5.74) is -0.852. The number of aromatic amines is 2. The van der Waals surface area contributed by atoms with Crippen LogP contribution in [0, 0.1) is 16.0 Å². The molecule has 136 valence electrons. The van der Waals surface area contributed by atoms with Crippen molar-refractivity contribution in [2.24, 2.45) is 5.92 Å². The molecule has 1 aromatic carbocycles. The zero-order valence-corrected chi connectivity index (χ0v) is 13.7. The second-order valence-corrected chi connectivity index (χ2v) is 5.67. The van der Waals surface area contributed by atoms with Crippen molar-refractivity contribution in [1.29, 1.82) is 0 Å². The highest BCUT2D eigenvalue weighted by Gasteiger charge is 2.39. The fourth-order valence-electron chi connectivity index (χ4n) is 2.86. The Bertz CT molecular complexity index is 961. The second kappa shape index (κ2) is 6.82. The highest BCUT2D eigenvalue weighted by Crippen LogP contribution is 2.37. The standard InChI is InChI=1S/C16H15N3O7/c1-2-25-15(21)10-7-11-13(20)17-16(22)18-14(11)26-12(10)8-3-5-9(6-4-8)19(23)24/h3-6,10,12H,2,7H2,1H3,(H2,17,18,20,22)/t10-,12-/m0/s1. The molecule has 0 fully saturated rings. The Morgan fingerprint density at radius 2 is 2.00 bits per heavy atom. The van der Waals surface area contributed by atoms with Crippen LogP contribution in [-0.2, 0) is 16.0 Å². The maximum atomic E-state index is 12.4. The van der Waals surface area contributed by atoms with Crippen LogP contribution in [0.1, 0.15) is 24.2 Å². The van der Waals surface area contributed by atoms with E-state index in [9.17, 15) is 24.5 Å². The van der Waals surface area contributed by atoms with Crippen molar-refractivity contribution in [2.75, 3.05) is 6.61 Å². The SMILES string of the molecule is CCOC(=O)[C@H]1Cc2c([nH]c(=O)[nH]c2=O)O[C@H]1c1ccc([N+](=O)[O-])cc1. The molecule has 2 heterocycles. The minimum atomic E-state index is -0.861. The van der Waals surface area contributed by atoms with Gasteiger partial charge < -0.3 is 9.47 Å². The van der Waals surface area contributed by atoms with Crippen LogP contribution in [0.4, 0.5) is 5.69 Å². The molecule has 2 aromatic rings. The van der Waals surface area contributed by atoms with Gasteiger partial charge in [-0.1, -0.05) is 0 Å². The highest BCUT2D eigenvalue weighted by molar-refractivity contribution is 5.74. The van der Waals surface area contributed by atoms with E-state index in [4.69, 9.17) is 9.47 Å². The summed E-state index contributed by atoms with van der Waals surface area (Å²) in [5.74, 6) is -1.43. The summed E-state index contributed by atoms with van der Waals surface area (Å²) in [7, 11) is 0. The quantitative estimate of drug-likeness (QED) is 0.466. The van der Waals surface area contributed by atoms with E-state index in [-0.39, 0.29) is 30.2 Å². The molecule has 26 heavy (non-hydrogen) atoms. The van der Waals surface area contributed by atoms with Gasteiger partial charge in [0.1, 0.15) is 12.0 Å². The van der Waals surface area contributed by atoms with Gasteiger partial charge in [0, 0.05) is 18.6 Å². The lowest BCUT2D eigenvalue weighted by molar-refractivity contribution is -0.384. The summed E-state index contributed by atoms with van der Waals surface area (Å²) in [6.07, 6.45) is -0.859. The van der Waals surface area contributed by atoms with Gasteiger partial charge in [-0.3, -0.25) is 29.7 Å². The average molecular weight is 361 g/mol. The number of carbonyl (C=O) groups excluding carboxylic acids is 1. The molecule has 0 saturated carbocycles. The van der Waals surface area contributed by atoms with E-state index in [0.717, 1.165) is 0 Å². The second-order valence-electron chi connectivity index (χ2n) is 5.67. The Labute approximate surface area is 145 Å². The molecular formula is C16H15N3O7. The molecule has 0 radical (unpaired) electrons. The topological polar surface area (TPSA) is 144 Å². The number of nitro groups is 1. The third-order valence-electron chi connectivity index (χ3n) is 4.06. The fourth-order valence-corrected chi connectivity index (χ4v) is 2.86. The van der Waals surface area contributed by atoms with Crippen LogP contribution in [0.2, 0.25) is 0 Å². The Morgan fingerprint density at radius 1 is 1.31 bits per heavy atom. The van der Waals surface area contributed by atoms with Gasteiger partial charge in [0.15, 0.2) is 0 Å². The van der Waals surface area contributed by atoms with Gasteiger partial charge in [-0.15, -0.1) is 0 Å². The molecule has 0 aliphatic carbocycles. The molecule has 0 saturated heterocycles. The van der Waals surface area contributed by atoms with Crippen molar-refractivity contribution in [3.05, 3.63) is 66.3 Å². The minimum absolute atomic E-state index is 0.00192. The molecule has 10 heteroatoms. The predicted molar refractivity (Wildman–Crippen MR) is 88.0 cm³/mol. The number of nitrogens with zero attached hydrogens (tertiary/aromatic N) is 1.